The largest absolute Gasteiger partial charge is 0.491 e. The van der Waals surface area contributed by atoms with Crippen LogP contribution in [0.2, 0.25) is 0 Å². The molecule has 0 aliphatic heterocycles. The van der Waals surface area contributed by atoms with Gasteiger partial charge in [0.25, 0.3) is 0 Å². The van der Waals surface area contributed by atoms with Crippen molar-refractivity contribution in [1.82, 2.24) is 20.2 Å². The highest BCUT2D eigenvalue weighted by atomic mass is 32.2. The summed E-state index contributed by atoms with van der Waals surface area (Å²) in [5, 5.41) is 30.2. The predicted octanol–water partition coefficient (Wildman–Crippen LogP) is 0.808. The van der Waals surface area contributed by atoms with Crippen molar-refractivity contribution in [1.29, 1.82) is 5.26 Å². The lowest BCUT2D eigenvalue weighted by Crippen LogP contribution is -2.20. The monoisotopic (exact) mass is 305 g/mol. The Morgan fingerprint density at radius 2 is 2.19 bits per heavy atom. The quantitative estimate of drug-likeness (QED) is 0.756. The van der Waals surface area contributed by atoms with Crippen LogP contribution < -0.4 is 4.74 Å². The molecule has 0 amide bonds. The van der Waals surface area contributed by atoms with Crippen LogP contribution in [0.5, 0.6) is 5.75 Å². The molecule has 8 heteroatoms. The van der Waals surface area contributed by atoms with E-state index in [1.807, 2.05) is 12.1 Å². The number of nitriles is 1. The maximum atomic E-state index is 9.87. The van der Waals surface area contributed by atoms with Crippen molar-refractivity contribution in [2.75, 3.05) is 12.4 Å². The number of hydrogen-bond acceptors (Lipinski definition) is 7. The number of benzene rings is 1. The Morgan fingerprint density at radius 3 is 2.81 bits per heavy atom. The maximum Gasteiger partial charge on any atom is 0.209 e. The van der Waals surface area contributed by atoms with Gasteiger partial charge in [-0.3, -0.25) is 0 Å². The Morgan fingerprint density at radius 1 is 1.43 bits per heavy atom. The smallest absolute Gasteiger partial charge is 0.209 e. The fourth-order valence-corrected chi connectivity index (χ4v) is 2.30. The average Bonchev–Trinajstić information content (AvgIpc) is 2.90. The molecule has 0 radical (unpaired) electrons. The summed E-state index contributed by atoms with van der Waals surface area (Å²) in [6.45, 7) is 0.190. The fourth-order valence-electron chi connectivity index (χ4n) is 1.55. The minimum absolute atomic E-state index is 0.190. The van der Waals surface area contributed by atoms with E-state index in [-0.39, 0.29) is 6.61 Å². The van der Waals surface area contributed by atoms with Crippen LogP contribution in [-0.4, -0.2) is 43.8 Å². The first kappa shape index (κ1) is 15.3. The number of nitrogens with zero attached hydrogens (tertiary/aromatic N) is 5. The average molecular weight is 305 g/mol. The lowest BCUT2D eigenvalue weighted by molar-refractivity contribution is 0.126. The highest BCUT2D eigenvalue weighted by Gasteiger charge is 2.09. The molecule has 21 heavy (non-hydrogen) atoms. The van der Waals surface area contributed by atoms with Crippen molar-refractivity contribution >= 4 is 11.8 Å². The molecule has 110 valence electrons. The summed E-state index contributed by atoms with van der Waals surface area (Å²) in [5.74, 6) is 1.11. The number of aliphatic hydroxyl groups excluding tert-OH is 1. The van der Waals surface area contributed by atoms with E-state index in [1.165, 1.54) is 11.8 Å². The van der Waals surface area contributed by atoms with Crippen molar-refractivity contribution in [2.45, 2.75) is 17.7 Å². The van der Waals surface area contributed by atoms with Gasteiger partial charge in [0.05, 0.1) is 18.6 Å². The van der Waals surface area contributed by atoms with Crippen LogP contribution in [0.15, 0.2) is 29.4 Å². The molecule has 1 unspecified atom stereocenters. The van der Waals surface area contributed by atoms with Crippen molar-refractivity contribution in [3.63, 3.8) is 0 Å². The third kappa shape index (κ3) is 4.73. The van der Waals surface area contributed by atoms with E-state index in [1.54, 1.807) is 23.9 Å². The van der Waals surface area contributed by atoms with Crippen LogP contribution in [-0.2, 0) is 13.5 Å². The molecule has 7 nitrogen and oxygen atoms in total. The number of thioether (sulfide) groups is 1. The van der Waals surface area contributed by atoms with Gasteiger partial charge in [0.1, 0.15) is 12.4 Å². The minimum atomic E-state index is -0.620. The summed E-state index contributed by atoms with van der Waals surface area (Å²) >= 11 is 1.37. The number of aromatic nitrogens is 4. The van der Waals surface area contributed by atoms with E-state index < -0.39 is 6.10 Å². The van der Waals surface area contributed by atoms with Gasteiger partial charge in [0.15, 0.2) is 0 Å². The Balaban J connectivity index is 1.74. The number of ether oxygens (including phenoxy) is 1. The van der Waals surface area contributed by atoms with Crippen molar-refractivity contribution in [3.05, 3.63) is 29.8 Å². The lowest BCUT2D eigenvalue weighted by atomic mass is 10.2. The first-order chi connectivity index (χ1) is 10.2. The zero-order valence-electron chi connectivity index (χ0n) is 11.5. The number of rotatable bonds is 7. The minimum Gasteiger partial charge on any atom is -0.491 e. The summed E-state index contributed by atoms with van der Waals surface area (Å²) in [4.78, 5) is 0. The van der Waals surface area contributed by atoms with Crippen molar-refractivity contribution in [3.8, 4) is 11.8 Å². The van der Waals surface area contributed by atoms with Crippen LogP contribution in [0.4, 0.5) is 0 Å². The first-order valence-corrected chi connectivity index (χ1v) is 7.29. The number of tetrazole rings is 1. The van der Waals surface area contributed by atoms with Crippen LogP contribution in [0.1, 0.15) is 5.56 Å². The van der Waals surface area contributed by atoms with E-state index in [0.29, 0.717) is 23.1 Å². The van der Waals surface area contributed by atoms with E-state index in [4.69, 9.17) is 10.00 Å². The Hall–Kier alpha value is -2.11. The predicted molar refractivity (Wildman–Crippen MR) is 76.8 cm³/mol. The molecule has 0 saturated carbocycles. The summed E-state index contributed by atoms with van der Waals surface area (Å²) in [6, 6.07) is 9.34. The van der Waals surface area contributed by atoms with E-state index in [9.17, 15) is 5.11 Å². The molecule has 0 bridgehead atoms. The SMILES string of the molecule is Cn1nnnc1SCC(O)COc1ccc(CC#N)cc1. The third-order valence-electron chi connectivity index (χ3n) is 2.64. The molecule has 0 aliphatic rings. The molecule has 2 aromatic rings. The molecule has 1 aromatic heterocycles. The van der Waals surface area contributed by atoms with Gasteiger partial charge in [-0.25, -0.2) is 4.68 Å². The third-order valence-corrected chi connectivity index (χ3v) is 3.79. The topological polar surface area (TPSA) is 96.8 Å². The molecule has 0 fully saturated rings. The molecule has 0 spiro atoms. The lowest BCUT2D eigenvalue weighted by Gasteiger charge is -2.11. The summed E-state index contributed by atoms with van der Waals surface area (Å²) in [6.07, 6.45) is -0.240. The van der Waals surface area contributed by atoms with Crippen LogP contribution in [0.25, 0.3) is 0 Å². The molecule has 1 aromatic carbocycles. The number of aliphatic hydroxyl groups is 1. The highest BCUT2D eigenvalue weighted by Crippen LogP contribution is 2.16. The number of hydrogen-bond donors (Lipinski definition) is 1. The second kappa shape index (κ2) is 7.61. The van der Waals surface area contributed by atoms with Gasteiger partial charge in [0.2, 0.25) is 5.16 Å². The van der Waals surface area contributed by atoms with Crippen LogP contribution >= 0.6 is 11.8 Å². The standard InChI is InChI=1S/C13H15N5O2S/c1-18-13(15-16-17-18)21-9-11(19)8-20-12-4-2-10(3-5-12)6-7-14/h2-5,11,19H,6,8-9H2,1H3. The van der Waals surface area contributed by atoms with Gasteiger partial charge in [0, 0.05) is 12.8 Å². The summed E-state index contributed by atoms with van der Waals surface area (Å²) < 4.78 is 7.04. The Kier molecular flexibility index (Phi) is 5.54. The molecule has 1 N–H and O–H groups in total. The molecular weight excluding hydrogens is 290 g/mol. The Bertz CT molecular complexity index is 608. The Labute approximate surface area is 126 Å². The molecule has 2 rings (SSSR count). The number of aryl methyl sites for hydroxylation is 1. The van der Waals surface area contributed by atoms with Crippen LogP contribution in [0.3, 0.4) is 0 Å². The second-order valence-corrected chi connectivity index (χ2v) is 5.33. The van der Waals surface area contributed by atoms with Gasteiger partial charge in [-0.15, -0.1) is 5.10 Å². The maximum absolute atomic E-state index is 9.87. The van der Waals surface area contributed by atoms with Gasteiger partial charge >= 0.3 is 0 Å². The van der Waals surface area contributed by atoms with E-state index in [0.717, 1.165) is 5.56 Å². The zero-order chi connectivity index (χ0) is 15.1. The summed E-state index contributed by atoms with van der Waals surface area (Å²) in [7, 11) is 1.74. The van der Waals surface area contributed by atoms with Crippen LogP contribution in [0, 0.1) is 11.3 Å². The highest BCUT2D eigenvalue weighted by molar-refractivity contribution is 7.99. The zero-order valence-corrected chi connectivity index (χ0v) is 12.3. The van der Waals surface area contributed by atoms with Gasteiger partial charge in [-0.05, 0) is 28.1 Å². The normalized spacial score (nSPS) is 11.9. The van der Waals surface area contributed by atoms with Crippen molar-refractivity contribution < 1.29 is 9.84 Å². The second-order valence-electron chi connectivity index (χ2n) is 4.34. The molecule has 0 aliphatic carbocycles. The molecular formula is C13H15N5O2S. The van der Waals surface area contributed by atoms with E-state index in [2.05, 4.69) is 21.6 Å². The fraction of sp³-hybridized carbons (Fsp3) is 0.385. The molecule has 1 heterocycles. The first-order valence-electron chi connectivity index (χ1n) is 6.31. The van der Waals surface area contributed by atoms with Gasteiger partial charge < -0.3 is 9.84 Å². The summed E-state index contributed by atoms with van der Waals surface area (Å²) in [5.41, 5.74) is 0.940. The van der Waals surface area contributed by atoms with Gasteiger partial charge in [-0.1, -0.05) is 23.9 Å². The van der Waals surface area contributed by atoms with E-state index >= 15 is 0 Å². The van der Waals surface area contributed by atoms with Gasteiger partial charge in [-0.2, -0.15) is 5.26 Å². The van der Waals surface area contributed by atoms with Crippen molar-refractivity contribution in [2.24, 2.45) is 7.05 Å². The molecule has 0 saturated heterocycles. The molecule has 1 atom stereocenters.